The van der Waals surface area contributed by atoms with E-state index in [0.717, 1.165) is 25.7 Å². The molecular formula is C19H28FN3O3. The predicted molar refractivity (Wildman–Crippen MR) is 99.7 cm³/mol. The van der Waals surface area contributed by atoms with Crippen molar-refractivity contribution in [2.24, 2.45) is 5.92 Å². The van der Waals surface area contributed by atoms with Crippen molar-refractivity contribution >= 4 is 23.3 Å². The number of urea groups is 1. The third kappa shape index (κ3) is 5.42. The van der Waals surface area contributed by atoms with Crippen molar-refractivity contribution in [3.8, 4) is 0 Å². The first-order chi connectivity index (χ1) is 12.4. The van der Waals surface area contributed by atoms with E-state index in [1.54, 1.807) is 21.0 Å². The summed E-state index contributed by atoms with van der Waals surface area (Å²) in [6.45, 7) is 4.76. The van der Waals surface area contributed by atoms with Gasteiger partial charge in [-0.2, -0.15) is 0 Å². The van der Waals surface area contributed by atoms with Crippen molar-refractivity contribution in [3.05, 3.63) is 24.0 Å². The molecule has 7 heteroatoms. The van der Waals surface area contributed by atoms with Crippen LogP contribution < -0.4 is 10.6 Å². The number of carbonyl (C=O) groups is 2. The predicted octanol–water partition coefficient (Wildman–Crippen LogP) is 3.84. The SMILES string of the molecule is COCCC1CCCCN1C(=O)Nc1ccc(F)c(NC(=O)C(C)C)c1. The number of nitrogens with zero attached hydrogens (tertiary/aromatic N) is 1. The van der Waals surface area contributed by atoms with Crippen LogP contribution in [0.25, 0.3) is 0 Å². The van der Waals surface area contributed by atoms with Crippen LogP contribution in [-0.4, -0.2) is 43.1 Å². The molecular weight excluding hydrogens is 337 g/mol. The molecule has 3 amide bonds. The molecule has 1 heterocycles. The first kappa shape index (κ1) is 20.2. The lowest BCUT2D eigenvalue weighted by molar-refractivity contribution is -0.118. The molecule has 1 aliphatic rings. The van der Waals surface area contributed by atoms with Crippen LogP contribution in [0.3, 0.4) is 0 Å². The highest BCUT2D eigenvalue weighted by Gasteiger charge is 2.26. The van der Waals surface area contributed by atoms with Gasteiger partial charge in [0.1, 0.15) is 5.82 Å². The summed E-state index contributed by atoms with van der Waals surface area (Å²) in [7, 11) is 1.65. The quantitative estimate of drug-likeness (QED) is 0.804. The van der Waals surface area contributed by atoms with Crippen LogP contribution in [0, 0.1) is 11.7 Å². The third-order valence-electron chi connectivity index (χ3n) is 4.54. The van der Waals surface area contributed by atoms with Gasteiger partial charge in [0.25, 0.3) is 0 Å². The number of hydrogen-bond acceptors (Lipinski definition) is 3. The van der Waals surface area contributed by atoms with Crippen molar-refractivity contribution in [1.82, 2.24) is 4.90 Å². The molecule has 1 atom stereocenters. The maximum atomic E-state index is 13.9. The van der Waals surface area contributed by atoms with Gasteiger partial charge in [0.05, 0.1) is 5.69 Å². The molecule has 6 nitrogen and oxygen atoms in total. The summed E-state index contributed by atoms with van der Waals surface area (Å²) in [4.78, 5) is 26.3. The summed E-state index contributed by atoms with van der Waals surface area (Å²) < 4.78 is 19.1. The van der Waals surface area contributed by atoms with E-state index in [1.165, 1.54) is 18.2 Å². The van der Waals surface area contributed by atoms with Gasteiger partial charge in [-0.15, -0.1) is 0 Å². The van der Waals surface area contributed by atoms with Gasteiger partial charge >= 0.3 is 6.03 Å². The van der Waals surface area contributed by atoms with E-state index in [0.29, 0.717) is 18.8 Å². The van der Waals surface area contributed by atoms with Gasteiger partial charge in [0, 0.05) is 37.9 Å². The fourth-order valence-corrected chi connectivity index (χ4v) is 2.99. The maximum absolute atomic E-state index is 13.9. The van der Waals surface area contributed by atoms with Crippen LogP contribution in [-0.2, 0) is 9.53 Å². The molecule has 2 N–H and O–H groups in total. The number of carbonyl (C=O) groups excluding carboxylic acids is 2. The van der Waals surface area contributed by atoms with E-state index in [9.17, 15) is 14.0 Å². The zero-order valence-corrected chi connectivity index (χ0v) is 15.7. The van der Waals surface area contributed by atoms with E-state index < -0.39 is 5.82 Å². The number of methoxy groups -OCH3 is 1. The van der Waals surface area contributed by atoms with Crippen molar-refractivity contribution < 1.29 is 18.7 Å². The number of nitrogens with one attached hydrogen (secondary N) is 2. The molecule has 26 heavy (non-hydrogen) atoms. The van der Waals surface area contributed by atoms with Crippen molar-refractivity contribution in [1.29, 1.82) is 0 Å². The normalized spacial score (nSPS) is 17.3. The minimum absolute atomic E-state index is 0.0658. The maximum Gasteiger partial charge on any atom is 0.322 e. The average molecular weight is 365 g/mol. The zero-order valence-electron chi connectivity index (χ0n) is 15.7. The lowest BCUT2D eigenvalue weighted by Gasteiger charge is -2.35. The fraction of sp³-hybridized carbons (Fsp3) is 0.579. The van der Waals surface area contributed by atoms with E-state index in [1.807, 2.05) is 4.90 Å². The highest BCUT2D eigenvalue weighted by Crippen LogP contribution is 2.23. The molecule has 144 valence electrons. The smallest absolute Gasteiger partial charge is 0.322 e. The highest BCUT2D eigenvalue weighted by atomic mass is 19.1. The Hall–Kier alpha value is -2.15. The summed E-state index contributed by atoms with van der Waals surface area (Å²) in [6.07, 6.45) is 3.81. The lowest BCUT2D eigenvalue weighted by atomic mass is 10.00. The Balaban J connectivity index is 2.06. The molecule has 0 aromatic heterocycles. The zero-order chi connectivity index (χ0) is 19.1. The molecule has 0 bridgehead atoms. The Morgan fingerprint density at radius 1 is 1.31 bits per heavy atom. The Labute approximate surface area is 154 Å². The van der Waals surface area contributed by atoms with E-state index in [4.69, 9.17) is 4.74 Å². The number of rotatable bonds is 6. The first-order valence-corrected chi connectivity index (χ1v) is 9.09. The molecule has 2 rings (SSSR count). The second-order valence-corrected chi connectivity index (χ2v) is 6.89. The average Bonchev–Trinajstić information content (AvgIpc) is 2.62. The number of amides is 3. The molecule has 1 unspecified atom stereocenters. The van der Waals surface area contributed by atoms with Gasteiger partial charge in [-0.05, 0) is 43.9 Å². The molecule has 1 aliphatic heterocycles. The number of likely N-dealkylation sites (tertiary alicyclic amines) is 1. The van der Waals surface area contributed by atoms with Crippen LogP contribution in [0.2, 0.25) is 0 Å². The Kier molecular flexibility index (Phi) is 7.38. The van der Waals surface area contributed by atoms with Crippen LogP contribution >= 0.6 is 0 Å². The fourth-order valence-electron chi connectivity index (χ4n) is 2.99. The van der Waals surface area contributed by atoms with Gasteiger partial charge in [0.15, 0.2) is 0 Å². The number of ether oxygens (including phenoxy) is 1. The summed E-state index contributed by atoms with van der Waals surface area (Å²) in [5.74, 6) is -1.07. The summed E-state index contributed by atoms with van der Waals surface area (Å²) in [5, 5.41) is 5.36. The van der Waals surface area contributed by atoms with Crippen LogP contribution in [0.15, 0.2) is 18.2 Å². The topological polar surface area (TPSA) is 70.7 Å². The van der Waals surface area contributed by atoms with Gasteiger partial charge in [-0.1, -0.05) is 13.8 Å². The molecule has 0 saturated carbocycles. The van der Waals surface area contributed by atoms with E-state index in [-0.39, 0.29) is 29.6 Å². The molecule has 0 radical (unpaired) electrons. The molecule has 1 saturated heterocycles. The number of anilines is 2. The first-order valence-electron chi connectivity index (χ1n) is 9.09. The molecule has 1 aromatic rings. The van der Waals surface area contributed by atoms with E-state index in [2.05, 4.69) is 10.6 Å². The van der Waals surface area contributed by atoms with Gasteiger partial charge in [-0.25, -0.2) is 9.18 Å². The van der Waals surface area contributed by atoms with Crippen molar-refractivity contribution in [2.75, 3.05) is 30.9 Å². The van der Waals surface area contributed by atoms with Crippen LogP contribution in [0.1, 0.15) is 39.5 Å². The summed E-state index contributed by atoms with van der Waals surface area (Å²) in [5.41, 5.74) is 0.516. The Morgan fingerprint density at radius 3 is 2.77 bits per heavy atom. The number of piperidine rings is 1. The number of hydrogen-bond donors (Lipinski definition) is 2. The summed E-state index contributed by atoms with van der Waals surface area (Å²) in [6, 6.07) is 4.11. The minimum Gasteiger partial charge on any atom is -0.385 e. The van der Waals surface area contributed by atoms with Crippen LogP contribution in [0.4, 0.5) is 20.6 Å². The number of halogens is 1. The minimum atomic E-state index is -0.534. The molecule has 1 fully saturated rings. The standard InChI is InChI=1S/C19H28FN3O3/c1-13(2)18(24)22-17-12-14(7-8-16(17)20)21-19(25)23-10-5-4-6-15(23)9-11-26-3/h7-8,12-13,15H,4-6,9-11H2,1-3H3,(H,21,25)(H,22,24). The second-order valence-electron chi connectivity index (χ2n) is 6.89. The molecule has 0 aliphatic carbocycles. The third-order valence-corrected chi connectivity index (χ3v) is 4.54. The highest BCUT2D eigenvalue weighted by molar-refractivity contribution is 5.94. The second kappa shape index (κ2) is 9.52. The van der Waals surface area contributed by atoms with Crippen molar-refractivity contribution in [2.45, 2.75) is 45.6 Å². The van der Waals surface area contributed by atoms with Gasteiger partial charge in [0.2, 0.25) is 5.91 Å². The number of benzene rings is 1. The van der Waals surface area contributed by atoms with Crippen LogP contribution in [0.5, 0.6) is 0 Å². The lowest BCUT2D eigenvalue weighted by Crippen LogP contribution is -2.46. The van der Waals surface area contributed by atoms with Gasteiger partial charge in [-0.3, -0.25) is 4.79 Å². The van der Waals surface area contributed by atoms with Gasteiger partial charge < -0.3 is 20.3 Å². The Bertz CT molecular complexity index is 636. The van der Waals surface area contributed by atoms with Crippen molar-refractivity contribution in [3.63, 3.8) is 0 Å². The van der Waals surface area contributed by atoms with E-state index >= 15 is 0 Å². The monoisotopic (exact) mass is 365 g/mol. The molecule has 0 spiro atoms. The summed E-state index contributed by atoms with van der Waals surface area (Å²) >= 11 is 0. The largest absolute Gasteiger partial charge is 0.385 e. The Morgan fingerprint density at radius 2 is 2.08 bits per heavy atom. The molecule has 1 aromatic carbocycles.